The molecule has 0 aromatic rings. The van der Waals surface area contributed by atoms with Crippen molar-refractivity contribution in [3.63, 3.8) is 0 Å². The molecule has 3 amide bonds. The molecule has 1 aliphatic heterocycles. The summed E-state index contributed by atoms with van der Waals surface area (Å²) in [6.45, 7) is 7.13. The molecule has 0 radical (unpaired) electrons. The molecule has 6 heteroatoms. The molecule has 0 aliphatic carbocycles. The van der Waals surface area contributed by atoms with E-state index in [1.165, 1.54) is 0 Å². The lowest BCUT2D eigenvalue weighted by atomic mass is 9.80. The summed E-state index contributed by atoms with van der Waals surface area (Å²) in [7, 11) is 0. The van der Waals surface area contributed by atoms with E-state index in [2.05, 4.69) is 0 Å². The maximum Gasteiger partial charge on any atom is 0.226 e. The summed E-state index contributed by atoms with van der Waals surface area (Å²) >= 11 is 0. The minimum Gasteiger partial charge on any atom is -0.369 e. The van der Waals surface area contributed by atoms with Crippen LogP contribution in [-0.4, -0.2) is 35.7 Å². The van der Waals surface area contributed by atoms with Gasteiger partial charge in [-0.1, -0.05) is 27.2 Å². The molecule has 4 N–H and O–H groups in total. The van der Waals surface area contributed by atoms with Gasteiger partial charge < -0.3 is 16.4 Å². The summed E-state index contributed by atoms with van der Waals surface area (Å²) in [6.07, 6.45) is 3.31. The van der Waals surface area contributed by atoms with Gasteiger partial charge >= 0.3 is 0 Å². The number of hydrogen-bond acceptors (Lipinski definition) is 3. The van der Waals surface area contributed by atoms with Crippen LogP contribution in [0.5, 0.6) is 0 Å². The molecule has 1 unspecified atom stereocenters. The van der Waals surface area contributed by atoms with E-state index in [0.29, 0.717) is 44.7 Å². The molecule has 2 atom stereocenters. The molecule has 1 fully saturated rings. The number of piperidine rings is 1. The van der Waals surface area contributed by atoms with Crippen molar-refractivity contribution in [3.8, 4) is 0 Å². The van der Waals surface area contributed by atoms with Crippen LogP contribution in [0.15, 0.2) is 0 Å². The van der Waals surface area contributed by atoms with Crippen LogP contribution in [0.25, 0.3) is 0 Å². The zero-order chi connectivity index (χ0) is 17.6. The predicted molar refractivity (Wildman–Crippen MR) is 89.0 cm³/mol. The van der Waals surface area contributed by atoms with E-state index in [1.807, 2.05) is 20.8 Å². The van der Waals surface area contributed by atoms with Crippen LogP contribution in [0.2, 0.25) is 0 Å². The molecule has 1 saturated heterocycles. The van der Waals surface area contributed by atoms with Gasteiger partial charge in [0.05, 0.1) is 0 Å². The van der Waals surface area contributed by atoms with Crippen molar-refractivity contribution in [2.45, 2.75) is 52.9 Å². The van der Waals surface area contributed by atoms with Gasteiger partial charge in [0.2, 0.25) is 17.7 Å². The molecule has 1 heterocycles. The van der Waals surface area contributed by atoms with Crippen molar-refractivity contribution in [3.05, 3.63) is 0 Å². The molecule has 0 bridgehead atoms. The first kappa shape index (κ1) is 19.5. The molecule has 0 aromatic heterocycles. The third-order valence-electron chi connectivity index (χ3n) is 4.70. The van der Waals surface area contributed by atoms with Crippen molar-refractivity contribution in [2.75, 3.05) is 13.1 Å². The second-order valence-electron chi connectivity index (χ2n) is 7.04. The van der Waals surface area contributed by atoms with E-state index in [0.717, 1.165) is 6.42 Å². The van der Waals surface area contributed by atoms with Crippen molar-refractivity contribution < 1.29 is 14.4 Å². The lowest BCUT2D eigenvalue weighted by Crippen LogP contribution is -2.47. The molecule has 23 heavy (non-hydrogen) atoms. The van der Waals surface area contributed by atoms with Crippen LogP contribution in [0.3, 0.4) is 0 Å². The Labute approximate surface area is 138 Å². The Kier molecular flexibility index (Phi) is 7.52. The zero-order valence-corrected chi connectivity index (χ0v) is 14.6. The molecule has 1 rings (SSSR count). The second-order valence-corrected chi connectivity index (χ2v) is 7.04. The SMILES string of the molecule is CCC[C@H](C(N)=O)C(CC(C)C)C(=O)N1CCC(C(N)=O)CC1. The highest BCUT2D eigenvalue weighted by Crippen LogP contribution is 2.28. The van der Waals surface area contributed by atoms with Gasteiger partial charge in [-0.15, -0.1) is 0 Å². The predicted octanol–water partition coefficient (Wildman–Crippen LogP) is 1.27. The third kappa shape index (κ3) is 5.52. The summed E-state index contributed by atoms with van der Waals surface area (Å²) in [5, 5.41) is 0. The lowest BCUT2D eigenvalue weighted by molar-refractivity contribution is -0.144. The summed E-state index contributed by atoms with van der Waals surface area (Å²) in [5.74, 6) is -1.30. The molecule has 0 aromatic carbocycles. The summed E-state index contributed by atoms with van der Waals surface area (Å²) < 4.78 is 0. The lowest BCUT2D eigenvalue weighted by Gasteiger charge is -2.35. The molecular weight excluding hydrogens is 294 g/mol. The average Bonchev–Trinajstić information content (AvgIpc) is 2.49. The van der Waals surface area contributed by atoms with Crippen molar-refractivity contribution in [2.24, 2.45) is 35.1 Å². The normalized spacial score (nSPS) is 18.7. The largest absolute Gasteiger partial charge is 0.369 e. The van der Waals surface area contributed by atoms with Gasteiger partial charge in [-0.25, -0.2) is 0 Å². The van der Waals surface area contributed by atoms with Crippen LogP contribution in [0, 0.1) is 23.7 Å². The van der Waals surface area contributed by atoms with Gasteiger partial charge in [0, 0.05) is 30.8 Å². The van der Waals surface area contributed by atoms with E-state index in [4.69, 9.17) is 11.5 Å². The molecule has 132 valence electrons. The van der Waals surface area contributed by atoms with E-state index in [1.54, 1.807) is 4.90 Å². The first-order valence-corrected chi connectivity index (χ1v) is 8.65. The van der Waals surface area contributed by atoms with Crippen molar-refractivity contribution >= 4 is 17.7 Å². The van der Waals surface area contributed by atoms with Crippen molar-refractivity contribution in [1.29, 1.82) is 0 Å². The van der Waals surface area contributed by atoms with Gasteiger partial charge in [0.25, 0.3) is 0 Å². The van der Waals surface area contributed by atoms with Crippen molar-refractivity contribution in [1.82, 2.24) is 4.90 Å². The number of carbonyl (C=O) groups is 3. The monoisotopic (exact) mass is 325 g/mol. The zero-order valence-electron chi connectivity index (χ0n) is 14.6. The maximum atomic E-state index is 12.9. The summed E-state index contributed by atoms with van der Waals surface area (Å²) in [5.41, 5.74) is 10.9. The van der Waals surface area contributed by atoms with Gasteiger partial charge in [0.1, 0.15) is 0 Å². The fourth-order valence-corrected chi connectivity index (χ4v) is 3.42. The highest BCUT2D eigenvalue weighted by Gasteiger charge is 2.36. The molecule has 0 saturated carbocycles. The fraction of sp³-hybridized carbons (Fsp3) is 0.824. The van der Waals surface area contributed by atoms with Gasteiger partial charge in [-0.05, 0) is 31.6 Å². The van der Waals surface area contributed by atoms with E-state index < -0.39 is 11.8 Å². The first-order chi connectivity index (χ1) is 10.8. The van der Waals surface area contributed by atoms with E-state index >= 15 is 0 Å². The number of amides is 3. The Morgan fingerprint density at radius 2 is 1.65 bits per heavy atom. The Bertz CT molecular complexity index is 429. The number of nitrogens with zero attached hydrogens (tertiary/aromatic N) is 1. The maximum absolute atomic E-state index is 12.9. The number of nitrogens with two attached hydrogens (primary N) is 2. The highest BCUT2D eigenvalue weighted by molar-refractivity contribution is 5.87. The number of rotatable bonds is 8. The molecular formula is C17H31N3O3. The first-order valence-electron chi connectivity index (χ1n) is 8.65. The second kappa shape index (κ2) is 8.89. The summed E-state index contributed by atoms with van der Waals surface area (Å²) in [6, 6.07) is 0. The van der Waals surface area contributed by atoms with Crippen LogP contribution >= 0.6 is 0 Å². The van der Waals surface area contributed by atoms with Gasteiger partial charge in [-0.3, -0.25) is 14.4 Å². The Balaban J connectivity index is 2.83. The van der Waals surface area contributed by atoms with Crippen LogP contribution in [-0.2, 0) is 14.4 Å². The minimum atomic E-state index is -0.413. The Hall–Kier alpha value is -1.59. The minimum absolute atomic E-state index is 0.00105. The number of primary amides is 2. The Morgan fingerprint density at radius 3 is 2.04 bits per heavy atom. The number of carbonyl (C=O) groups excluding carboxylic acids is 3. The van der Waals surface area contributed by atoms with Crippen LogP contribution < -0.4 is 11.5 Å². The topological polar surface area (TPSA) is 106 Å². The smallest absolute Gasteiger partial charge is 0.226 e. The van der Waals surface area contributed by atoms with E-state index in [-0.39, 0.29) is 23.7 Å². The Morgan fingerprint density at radius 1 is 1.09 bits per heavy atom. The standard InChI is InChI=1S/C17H31N3O3/c1-4-5-13(16(19)22)14(10-11(2)3)17(23)20-8-6-12(7-9-20)15(18)21/h11-14H,4-10H2,1-3H3,(H2,18,21)(H2,19,22)/t13-,14?/m0/s1. The average molecular weight is 325 g/mol. The van der Waals surface area contributed by atoms with Gasteiger partial charge in [-0.2, -0.15) is 0 Å². The van der Waals surface area contributed by atoms with E-state index in [9.17, 15) is 14.4 Å². The highest BCUT2D eigenvalue weighted by atomic mass is 16.2. The summed E-state index contributed by atoms with van der Waals surface area (Å²) in [4.78, 5) is 37.8. The molecule has 1 aliphatic rings. The van der Waals surface area contributed by atoms with Crippen LogP contribution in [0.4, 0.5) is 0 Å². The number of hydrogen-bond donors (Lipinski definition) is 2. The molecule has 0 spiro atoms. The van der Waals surface area contributed by atoms with Crippen LogP contribution in [0.1, 0.15) is 52.9 Å². The van der Waals surface area contributed by atoms with Gasteiger partial charge in [0.15, 0.2) is 0 Å². The number of likely N-dealkylation sites (tertiary alicyclic amines) is 1. The quantitative estimate of drug-likeness (QED) is 0.702. The fourth-order valence-electron chi connectivity index (χ4n) is 3.42. The molecule has 6 nitrogen and oxygen atoms in total. The third-order valence-corrected chi connectivity index (χ3v) is 4.70.